The molecule has 58 valence electrons. The molecule has 0 amide bonds. The molecule has 0 saturated carbocycles. The van der Waals surface area contributed by atoms with Gasteiger partial charge in [-0.05, 0) is 25.1 Å². The van der Waals surface area contributed by atoms with E-state index >= 15 is 0 Å². The summed E-state index contributed by atoms with van der Waals surface area (Å²) in [6.07, 6.45) is 0. The van der Waals surface area contributed by atoms with E-state index in [4.69, 9.17) is 16.9 Å². The molecular formula is C8H11N3. The number of anilines is 2. The van der Waals surface area contributed by atoms with Crippen LogP contribution in [0.15, 0.2) is 18.2 Å². The molecule has 0 saturated heterocycles. The molecule has 1 aromatic rings. The van der Waals surface area contributed by atoms with E-state index in [0.29, 0.717) is 22.6 Å². The minimum absolute atomic E-state index is 0.440. The van der Waals surface area contributed by atoms with Crippen LogP contribution in [0.25, 0.3) is 0 Å². The standard InChI is InChI=1S/C8H11N3/c1-5(9)7-4-6(10)2-3-8(7)11/h2-4,9H,10-11H2,1H3. The second kappa shape index (κ2) is 2.62. The maximum atomic E-state index is 7.34. The fraction of sp³-hybridized carbons (Fsp3) is 0.125. The van der Waals surface area contributed by atoms with Gasteiger partial charge in [0, 0.05) is 22.6 Å². The molecule has 3 nitrogen and oxygen atoms in total. The Labute approximate surface area is 65.5 Å². The fourth-order valence-electron chi connectivity index (χ4n) is 0.899. The van der Waals surface area contributed by atoms with Crippen LogP contribution in [0.3, 0.4) is 0 Å². The van der Waals surface area contributed by atoms with Gasteiger partial charge in [-0.25, -0.2) is 0 Å². The van der Waals surface area contributed by atoms with Crippen molar-refractivity contribution in [2.45, 2.75) is 6.92 Å². The van der Waals surface area contributed by atoms with Crippen molar-refractivity contribution in [3.05, 3.63) is 23.8 Å². The van der Waals surface area contributed by atoms with Crippen molar-refractivity contribution in [2.75, 3.05) is 11.5 Å². The fourth-order valence-corrected chi connectivity index (χ4v) is 0.899. The van der Waals surface area contributed by atoms with E-state index in [1.807, 2.05) is 0 Å². The number of hydrogen-bond acceptors (Lipinski definition) is 3. The average molecular weight is 149 g/mol. The number of nitrogens with two attached hydrogens (primary N) is 2. The van der Waals surface area contributed by atoms with Crippen molar-refractivity contribution in [3.8, 4) is 0 Å². The van der Waals surface area contributed by atoms with Crippen LogP contribution in [0.4, 0.5) is 11.4 Å². The normalized spacial score (nSPS) is 9.55. The summed E-state index contributed by atoms with van der Waals surface area (Å²) in [6.45, 7) is 1.69. The summed E-state index contributed by atoms with van der Waals surface area (Å²) >= 11 is 0. The van der Waals surface area contributed by atoms with Crippen molar-refractivity contribution in [1.82, 2.24) is 0 Å². The molecule has 3 heteroatoms. The summed E-state index contributed by atoms with van der Waals surface area (Å²) in [5.41, 5.74) is 13.5. The van der Waals surface area contributed by atoms with E-state index in [-0.39, 0.29) is 0 Å². The van der Waals surface area contributed by atoms with E-state index in [9.17, 15) is 0 Å². The molecule has 0 heterocycles. The Kier molecular flexibility index (Phi) is 1.81. The highest BCUT2D eigenvalue weighted by atomic mass is 14.6. The lowest BCUT2D eigenvalue weighted by Gasteiger charge is -2.03. The second-order valence-corrected chi connectivity index (χ2v) is 2.47. The molecule has 0 aliphatic carbocycles. The molecular weight excluding hydrogens is 138 g/mol. The zero-order chi connectivity index (χ0) is 8.43. The van der Waals surface area contributed by atoms with Gasteiger partial charge in [0.1, 0.15) is 0 Å². The molecule has 0 unspecified atom stereocenters. The van der Waals surface area contributed by atoms with Crippen molar-refractivity contribution >= 4 is 17.1 Å². The third-order valence-corrected chi connectivity index (χ3v) is 1.48. The maximum Gasteiger partial charge on any atom is 0.0407 e. The summed E-state index contributed by atoms with van der Waals surface area (Å²) in [7, 11) is 0. The van der Waals surface area contributed by atoms with Crippen LogP contribution >= 0.6 is 0 Å². The minimum Gasteiger partial charge on any atom is -0.399 e. The predicted octanol–water partition coefficient (Wildman–Crippen LogP) is 1.24. The van der Waals surface area contributed by atoms with Gasteiger partial charge in [-0.15, -0.1) is 0 Å². The largest absolute Gasteiger partial charge is 0.399 e. The van der Waals surface area contributed by atoms with Crippen molar-refractivity contribution in [1.29, 1.82) is 5.41 Å². The number of benzene rings is 1. The third kappa shape index (κ3) is 1.49. The van der Waals surface area contributed by atoms with Crippen LogP contribution in [0.1, 0.15) is 12.5 Å². The first-order chi connectivity index (χ1) is 5.11. The Bertz CT molecular complexity index is 291. The first-order valence-electron chi connectivity index (χ1n) is 3.32. The van der Waals surface area contributed by atoms with Crippen LogP contribution < -0.4 is 11.5 Å². The van der Waals surface area contributed by atoms with E-state index in [1.54, 1.807) is 25.1 Å². The lowest BCUT2D eigenvalue weighted by atomic mass is 10.1. The highest BCUT2D eigenvalue weighted by Gasteiger charge is 2.00. The maximum absolute atomic E-state index is 7.34. The lowest BCUT2D eigenvalue weighted by molar-refractivity contribution is 1.45. The predicted molar refractivity (Wildman–Crippen MR) is 47.8 cm³/mol. The van der Waals surface area contributed by atoms with E-state index < -0.39 is 0 Å². The van der Waals surface area contributed by atoms with Crippen molar-refractivity contribution in [3.63, 3.8) is 0 Å². The van der Waals surface area contributed by atoms with Gasteiger partial charge in [0.05, 0.1) is 0 Å². The molecule has 0 aliphatic rings. The topological polar surface area (TPSA) is 75.9 Å². The third-order valence-electron chi connectivity index (χ3n) is 1.48. The van der Waals surface area contributed by atoms with Crippen LogP contribution in [-0.4, -0.2) is 5.71 Å². The summed E-state index contributed by atoms with van der Waals surface area (Å²) in [5.74, 6) is 0. The van der Waals surface area contributed by atoms with Gasteiger partial charge in [-0.1, -0.05) is 0 Å². The SMILES string of the molecule is CC(=N)c1cc(N)ccc1N. The Balaban J connectivity index is 3.23. The molecule has 0 radical (unpaired) electrons. The van der Waals surface area contributed by atoms with E-state index in [1.165, 1.54) is 0 Å². The zero-order valence-corrected chi connectivity index (χ0v) is 6.39. The highest BCUT2D eigenvalue weighted by Crippen LogP contribution is 2.15. The van der Waals surface area contributed by atoms with Gasteiger partial charge in [-0.2, -0.15) is 0 Å². The quantitative estimate of drug-likeness (QED) is 0.415. The van der Waals surface area contributed by atoms with E-state index in [2.05, 4.69) is 0 Å². The number of rotatable bonds is 1. The number of nitrogen functional groups attached to an aromatic ring is 2. The summed E-state index contributed by atoms with van der Waals surface area (Å²) < 4.78 is 0. The summed E-state index contributed by atoms with van der Waals surface area (Å²) in [5, 5.41) is 7.34. The van der Waals surface area contributed by atoms with Crippen molar-refractivity contribution < 1.29 is 0 Å². The number of hydrogen-bond donors (Lipinski definition) is 3. The van der Waals surface area contributed by atoms with Gasteiger partial charge in [0.15, 0.2) is 0 Å². The van der Waals surface area contributed by atoms with Crippen LogP contribution in [0, 0.1) is 5.41 Å². The Morgan fingerprint density at radius 1 is 1.36 bits per heavy atom. The van der Waals surface area contributed by atoms with Gasteiger partial charge in [-0.3, -0.25) is 0 Å². The number of nitrogens with one attached hydrogen (secondary N) is 1. The molecule has 0 aliphatic heterocycles. The van der Waals surface area contributed by atoms with E-state index in [0.717, 1.165) is 0 Å². The first-order valence-corrected chi connectivity index (χ1v) is 3.32. The monoisotopic (exact) mass is 149 g/mol. The zero-order valence-electron chi connectivity index (χ0n) is 6.39. The molecule has 0 fully saturated rings. The Hall–Kier alpha value is -1.51. The molecule has 0 aromatic heterocycles. The van der Waals surface area contributed by atoms with Crippen LogP contribution in [-0.2, 0) is 0 Å². The van der Waals surface area contributed by atoms with Gasteiger partial charge >= 0.3 is 0 Å². The minimum atomic E-state index is 0.440. The summed E-state index contributed by atoms with van der Waals surface area (Å²) in [4.78, 5) is 0. The highest BCUT2D eigenvalue weighted by molar-refractivity contribution is 6.01. The van der Waals surface area contributed by atoms with Gasteiger partial charge in [0.25, 0.3) is 0 Å². The first kappa shape index (κ1) is 7.60. The lowest BCUT2D eigenvalue weighted by Crippen LogP contribution is -2.00. The molecule has 1 rings (SSSR count). The molecule has 1 aromatic carbocycles. The van der Waals surface area contributed by atoms with Crippen LogP contribution in [0.2, 0.25) is 0 Å². The molecule has 5 N–H and O–H groups in total. The molecule has 0 spiro atoms. The average Bonchev–Trinajstić information content (AvgIpc) is 1.94. The van der Waals surface area contributed by atoms with Gasteiger partial charge < -0.3 is 16.9 Å². The second-order valence-electron chi connectivity index (χ2n) is 2.47. The smallest absolute Gasteiger partial charge is 0.0407 e. The van der Waals surface area contributed by atoms with Crippen LogP contribution in [0.5, 0.6) is 0 Å². The Morgan fingerprint density at radius 3 is 2.45 bits per heavy atom. The molecule has 11 heavy (non-hydrogen) atoms. The summed E-state index contributed by atoms with van der Waals surface area (Å²) in [6, 6.07) is 5.14. The molecule has 0 atom stereocenters. The molecule has 0 bridgehead atoms. The Morgan fingerprint density at radius 2 is 2.00 bits per heavy atom. The van der Waals surface area contributed by atoms with Gasteiger partial charge in [0.2, 0.25) is 0 Å². The van der Waals surface area contributed by atoms with Crippen molar-refractivity contribution in [2.24, 2.45) is 0 Å².